The predicted octanol–water partition coefficient (Wildman–Crippen LogP) is 2.06. The van der Waals surface area contributed by atoms with Crippen LogP contribution >= 0.6 is 11.8 Å². The van der Waals surface area contributed by atoms with E-state index in [9.17, 15) is 0 Å². The third-order valence-electron chi connectivity index (χ3n) is 2.29. The Balaban J connectivity index is 2.46. The summed E-state index contributed by atoms with van der Waals surface area (Å²) in [5, 5.41) is 26.2. The molecule has 2 aromatic rings. The fraction of sp³-hybridized carbons (Fsp3) is 0.167. The summed E-state index contributed by atoms with van der Waals surface area (Å²) in [5.74, 6) is 1.04. The first kappa shape index (κ1) is 12.2. The van der Waals surface area contributed by atoms with E-state index in [-0.39, 0.29) is 0 Å². The average molecular weight is 255 g/mol. The van der Waals surface area contributed by atoms with Crippen LogP contribution in [0.15, 0.2) is 29.4 Å². The number of aryl methyl sites for hydroxylation is 1. The van der Waals surface area contributed by atoms with Crippen molar-refractivity contribution >= 4 is 11.8 Å². The van der Waals surface area contributed by atoms with Crippen molar-refractivity contribution in [2.45, 2.75) is 12.1 Å². The maximum absolute atomic E-state index is 8.90. The summed E-state index contributed by atoms with van der Waals surface area (Å²) in [6.07, 6.45) is 0. The first-order chi connectivity index (χ1) is 8.76. The molecule has 0 amide bonds. The minimum absolute atomic E-state index is 0.316. The van der Waals surface area contributed by atoms with Crippen molar-refractivity contribution in [2.24, 2.45) is 0 Å². The number of nitrogens with zero attached hydrogens (tertiary/aromatic N) is 5. The monoisotopic (exact) mass is 255 g/mol. The Kier molecular flexibility index (Phi) is 3.61. The van der Waals surface area contributed by atoms with Crippen LogP contribution in [-0.2, 0) is 0 Å². The number of nitriles is 2. The highest BCUT2D eigenvalue weighted by molar-refractivity contribution is 7.99. The highest BCUT2D eigenvalue weighted by atomic mass is 32.2. The largest absolute Gasteiger partial charge is 0.274 e. The summed E-state index contributed by atoms with van der Waals surface area (Å²) in [6.45, 7) is 1.84. The van der Waals surface area contributed by atoms with E-state index < -0.39 is 0 Å². The number of hydrogen-bond donors (Lipinski definition) is 0. The first-order valence-electron chi connectivity index (χ1n) is 5.18. The Morgan fingerprint density at radius 1 is 1.33 bits per heavy atom. The van der Waals surface area contributed by atoms with E-state index in [1.165, 1.54) is 11.8 Å². The Labute approximate surface area is 109 Å². The molecule has 1 heterocycles. The van der Waals surface area contributed by atoms with Crippen molar-refractivity contribution in [1.82, 2.24) is 14.8 Å². The van der Waals surface area contributed by atoms with Crippen LogP contribution in [0.5, 0.6) is 0 Å². The quantitative estimate of drug-likeness (QED) is 0.784. The Bertz CT molecular complexity index is 647. The summed E-state index contributed by atoms with van der Waals surface area (Å²) in [7, 11) is 0. The van der Waals surface area contributed by atoms with Gasteiger partial charge in [-0.2, -0.15) is 10.5 Å². The molecule has 1 aromatic heterocycles. The molecule has 0 radical (unpaired) electrons. The second-order valence-electron chi connectivity index (χ2n) is 3.47. The van der Waals surface area contributed by atoms with Gasteiger partial charge in [0.1, 0.15) is 5.82 Å². The molecular formula is C12H9N5S. The molecule has 0 spiro atoms. The van der Waals surface area contributed by atoms with Gasteiger partial charge in [0.15, 0.2) is 5.16 Å². The van der Waals surface area contributed by atoms with Crippen LogP contribution in [0, 0.1) is 29.6 Å². The zero-order valence-corrected chi connectivity index (χ0v) is 10.5. The molecule has 0 atom stereocenters. The molecule has 6 heteroatoms. The van der Waals surface area contributed by atoms with E-state index in [2.05, 4.69) is 22.3 Å². The number of thioether (sulfide) groups is 1. The van der Waals surface area contributed by atoms with Gasteiger partial charge in [0.2, 0.25) is 0 Å². The maximum atomic E-state index is 8.90. The smallest absolute Gasteiger partial charge is 0.196 e. The van der Waals surface area contributed by atoms with Gasteiger partial charge in [-0.3, -0.25) is 4.57 Å². The second-order valence-corrected chi connectivity index (χ2v) is 4.42. The standard InChI is InChI=1S/C12H9N5S/c1-9-15-16-12(18-6-5-13)17(9)11-4-2-3-10(7-11)8-14/h2-4,7H,6H2,1H3. The van der Waals surface area contributed by atoms with Crippen molar-refractivity contribution in [3.05, 3.63) is 35.7 Å². The normalized spacial score (nSPS) is 9.72. The number of benzene rings is 1. The molecule has 88 valence electrons. The fourth-order valence-electron chi connectivity index (χ4n) is 1.55. The van der Waals surface area contributed by atoms with E-state index in [0.717, 1.165) is 11.5 Å². The molecule has 0 unspecified atom stereocenters. The van der Waals surface area contributed by atoms with Gasteiger partial charge >= 0.3 is 0 Å². The third-order valence-corrected chi connectivity index (χ3v) is 3.09. The maximum Gasteiger partial charge on any atom is 0.196 e. The van der Waals surface area contributed by atoms with Crippen molar-refractivity contribution in [2.75, 3.05) is 5.75 Å². The molecule has 18 heavy (non-hydrogen) atoms. The molecule has 0 bridgehead atoms. The van der Waals surface area contributed by atoms with Crippen LogP contribution in [0.1, 0.15) is 11.4 Å². The second kappa shape index (κ2) is 5.35. The minimum atomic E-state index is 0.316. The SMILES string of the molecule is Cc1nnc(SCC#N)n1-c1cccc(C#N)c1. The number of aromatic nitrogens is 3. The van der Waals surface area contributed by atoms with Gasteiger partial charge in [-0.15, -0.1) is 10.2 Å². The van der Waals surface area contributed by atoms with Gasteiger partial charge in [0, 0.05) is 0 Å². The molecule has 0 aliphatic carbocycles. The van der Waals surface area contributed by atoms with Gasteiger partial charge in [0.05, 0.1) is 29.1 Å². The predicted molar refractivity (Wildman–Crippen MR) is 67.1 cm³/mol. The van der Waals surface area contributed by atoms with Gasteiger partial charge in [0.25, 0.3) is 0 Å². The summed E-state index contributed by atoms with van der Waals surface area (Å²) < 4.78 is 1.84. The highest BCUT2D eigenvalue weighted by Gasteiger charge is 2.11. The van der Waals surface area contributed by atoms with Gasteiger partial charge < -0.3 is 0 Å². The fourth-order valence-corrected chi connectivity index (χ4v) is 2.20. The van der Waals surface area contributed by atoms with Gasteiger partial charge in [-0.1, -0.05) is 17.8 Å². The van der Waals surface area contributed by atoms with Crippen LogP contribution in [-0.4, -0.2) is 20.5 Å². The van der Waals surface area contributed by atoms with Gasteiger partial charge in [-0.25, -0.2) is 0 Å². The Morgan fingerprint density at radius 2 is 2.17 bits per heavy atom. The van der Waals surface area contributed by atoms with Crippen LogP contribution < -0.4 is 0 Å². The topological polar surface area (TPSA) is 78.3 Å². The van der Waals surface area contributed by atoms with E-state index in [0.29, 0.717) is 16.5 Å². The third kappa shape index (κ3) is 2.34. The van der Waals surface area contributed by atoms with E-state index >= 15 is 0 Å². The zero-order chi connectivity index (χ0) is 13.0. The van der Waals surface area contributed by atoms with Crippen molar-refractivity contribution < 1.29 is 0 Å². The highest BCUT2D eigenvalue weighted by Crippen LogP contribution is 2.21. The molecule has 0 aliphatic heterocycles. The number of rotatable bonds is 3. The molecule has 0 saturated heterocycles. The van der Waals surface area contributed by atoms with Crippen molar-refractivity contribution in [3.8, 4) is 17.8 Å². The molecule has 0 aliphatic rings. The lowest BCUT2D eigenvalue weighted by molar-refractivity contribution is 0.869. The lowest BCUT2D eigenvalue weighted by atomic mass is 10.2. The van der Waals surface area contributed by atoms with Crippen LogP contribution in [0.2, 0.25) is 0 Å². The molecule has 0 fully saturated rings. The van der Waals surface area contributed by atoms with Crippen molar-refractivity contribution in [3.63, 3.8) is 0 Å². The summed E-state index contributed by atoms with van der Waals surface area (Å²) in [5.41, 5.74) is 1.41. The molecule has 0 N–H and O–H groups in total. The molecule has 5 nitrogen and oxygen atoms in total. The van der Waals surface area contributed by atoms with E-state index in [4.69, 9.17) is 10.5 Å². The number of hydrogen-bond acceptors (Lipinski definition) is 5. The Hall–Kier alpha value is -2.31. The van der Waals surface area contributed by atoms with Gasteiger partial charge in [-0.05, 0) is 25.1 Å². The van der Waals surface area contributed by atoms with Crippen LogP contribution in [0.4, 0.5) is 0 Å². The molecular weight excluding hydrogens is 246 g/mol. The van der Waals surface area contributed by atoms with Crippen molar-refractivity contribution in [1.29, 1.82) is 10.5 Å². The lowest BCUT2D eigenvalue weighted by Gasteiger charge is -2.07. The molecule has 0 saturated carbocycles. The average Bonchev–Trinajstić information content (AvgIpc) is 2.77. The summed E-state index contributed by atoms with van der Waals surface area (Å²) >= 11 is 1.32. The lowest BCUT2D eigenvalue weighted by Crippen LogP contribution is -1.99. The zero-order valence-electron chi connectivity index (χ0n) is 9.66. The molecule has 2 rings (SSSR count). The Morgan fingerprint density at radius 3 is 2.89 bits per heavy atom. The summed E-state index contributed by atoms with van der Waals surface area (Å²) in [6, 6.07) is 11.4. The van der Waals surface area contributed by atoms with E-state index in [1.807, 2.05) is 23.6 Å². The molecule has 1 aromatic carbocycles. The van der Waals surface area contributed by atoms with E-state index in [1.54, 1.807) is 12.1 Å². The minimum Gasteiger partial charge on any atom is -0.274 e. The van der Waals surface area contributed by atoms with Crippen LogP contribution in [0.3, 0.4) is 0 Å². The van der Waals surface area contributed by atoms with Crippen LogP contribution in [0.25, 0.3) is 5.69 Å². The summed E-state index contributed by atoms with van der Waals surface area (Å²) in [4.78, 5) is 0. The first-order valence-corrected chi connectivity index (χ1v) is 6.17.